The summed E-state index contributed by atoms with van der Waals surface area (Å²) in [6, 6.07) is 2.73. The van der Waals surface area contributed by atoms with Crippen LogP contribution in [-0.4, -0.2) is 74.5 Å². The van der Waals surface area contributed by atoms with E-state index in [1.165, 1.54) is 30.9 Å². The van der Waals surface area contributed by atoms with Crippen LogP contribution < -0.4 is 15.8 Å². The van der Waals surface area contributed by atoms with E-state index in [0.717, 1.165) is 34.6 Å². The number of morpholine rings is 1. The number of rotatable bonds is 6. The summed E-state index contributed by atoms with van der Waals surface area (Å²) in [5.41, 5.74) is 0.643. The van der Waals surface area contributed by atoms with Gasteiger partial charge >= 0.3 is 0 Å². The Hall–Kier alpha value is -2.99. The zero-order valence-corrected chi connectivity index (χ0v) is 17.6. The molecule has 12 heteroatoms. The molecule has 11 nitrogen and oxygen atoms in total. The Morgan fingerprint density at radius 1 is 1.27 bits per heavy atom. The maximum absolute atomic E-state index is 12.3. The number of amides is 1. The molecule has 0 aromatic carbocycles. The molecule has 0 bridgehead atoms. The number of nitrogens with one attached hydrogen (secondary N) is 1. The number of thioether (sulfide) groups is 1. The van der Waals surface area contributed by atoms with Gasteiger partial charge in [0, 0.05) is 32.7 Å². The molecule has 1 aliphatic rings. The van der Waals surface area contributed by atoms with Gasteiger partial charge in [-0.05, 0) is 12.3 Å². The van der Waals surface area contributed by atoms with Crippen molar-refractivity contribution in [2.75, 3.05) is 44.0 Å². The van der Waals surface area contributed by atoms with E-state index in [0.29, 0.717) is 31.5 Å². The average molecular weight is 430 g/mol. The van der Waals surface area contributed by atoms with Crippen molar-refractivity contribution in [3.05, 3.63) is 34.4 Å². The highest BCUT2D eigenvalue weighted by Gasteiger charge is 2.20. The third-order valence-electron chi connectivity index (χ3n) is 4.75. The van der Waals surface area contributed by atoms with Gasteiger partial charge in [0.15, 0.2) is 10.8 Å². The van der Waals surface area contributed by atoms with Crippen LogP contribution in [0.2, 0.25) is 0 Å². The first kappa shape index (κ1) is 20.3. The normalized spacial score (nSPS) is 14.3. The second kappa shape index (κ2) is 8.79. The van der Waals surface area contributed by atoms with E-state index in [9.17, 15) is 9.59 Å². The maximum atomic E-state index is 12.3. The molecule has 3 aromatic rings. The lowest BCUT2D eigenvalue weighted by molar-refractivity contribution is 0.0944. The second-order valence-electron chi connectivity index (χ2n) is 6.67. The first-order chi connectivity index (χ1) is 14.6. The maximum Gasteiger partial charge on any atom is 0.271 e. The third kappa shape index (κ3) is 4.14. The van der Waals surface area contributed by atoms with E-state index in [1.807, 2.05) is 6.26 Å². The summed E-state index contributed by atoms with van der Waals surface area (Å²) in [5, 5.41) is 12.8. The molecular formula is C18H22N8O3S. The van der Waals surface area contributed by atoms with Crippen molar-refractivity contribution in [1.82, 2.24) is 34.8 Å². The number of carbonyl (C=O) groups excluding carboxylic acids is 1. The minimum atomic E-state index is -0.351. The topological polar surface area (TPSA) is 120 Å². The summed E-state index contributed by atoms with van der Waals surface area (Å²) in [7, 11) is 1.50. The number of aromatic nitrogens is 6. The van der Waals surface area contributed by atoms with Crippen LogP contribution in [0.3, 0.4) is 0 Å². The van der Waals surface area contributed by atoms with Gasteiger partial charge in [0.25, 0.3) is 11.5 Å². The number of ether oxygens (including phenoxy) is 1. The summed E-state index contributed by atoms with van der Waals surface area (Å²) in [4.78, 5) is 35.2. The highest BCUT2D eigenvalue weighted by molar-refractivity contribution is 7.98. The number of fused-ring (bicyclic) bond motifs is 1. The van der Waals surface area contributed by atoms with Gasteiger partial charge in [0.1, 0.15) is 11.5 Å². The van der Waals surface area contributed by atoms with E-state index < -0.39 is 0 Å². The van der Waals surface area contributed by atoms with Gasteiger partial charge < -0.3 is 15.0 Å². The summed E-state index contributed by atoms with van der Waals surface area (Å²) >= 11 is 1.48. The molecule has 0 spiro atoms. The number of hydrogen-bond acceptors (Lipinski definition) is 9. The Kier molecular flexibility index (Phi) is 5.95. The van der Waals surface area contributed by atoms with Gasteiger partial charge in [-0.2, -0.15) is 10.2 Å². The van der Waals surface area contributed by atoms with Crippen LogP contribution in [0.25, 0.3) is 11.0 Å². The molecule has 1 saturated heterocycles. The first-order valence-corrected chi connectivity index (χ1v) is 10.7. The van der Waals surface area contributed by atoms with E-state index in [1.54, 1.807) is 10.9 Å². The lowest BCUT2D eigenvalue weighted by Crippen LogP contribution is -2.37. The monoisotopic (exact) mass is 430 g/mol. The van der Waals surface area contributed by atoms with Crippen LogP contribution in [0.1, 0.15) is 10.5 Å². The van der Waals surface area contributed by atoms with E-state index in [4.69, 9.17) is 4.74 Å². The number of carbonyl (C=O) groups is 1. The fraction of sp³-hybridized carbons (Fsp3) is 0.444. The molecule has 4 rings (SSSR count). The summed E-state index contributed by atoms with van der Waals surface area (Å²) in [5.74, 6) is 0.507. The molecule has 0 atom stereocenters. The molecule has 0 radical (unpaired) electrons. The van der Waals surface area contributed by atoms with E-state index in [-0.39, 0.29) is 17.2 Å². The largest absolute Gasteiger partial charge is 0.378 e. The van der Waals surface area contributed by atoms with Crippen molar-refractivity contribution >= 4 is 34.5 Å². The highest BCUT2D eigenvalue weighted by Crippen LogP contribution is 2.27. The lowest BCUT2D eigenvalue weighted by Gasteiger charge is -2.28. The Labute approximate surface area is 176 Å². The molecule has 4 heterocycles. The first-order valence-electron chi connectivity index (χ1n) is 9.49. The quantitative estimate of drug-likeness (QED) is 0.422. The fourth-order valence-corrected chi connectivity index (χ4v) is 3.54. The van der Waals surface area contributed by atoms with Gasteiger partial charge in [-0.15, -0.1) is 0 Å². The minimum absolute atomic E-state index is 0.184. The van der Waals surface area contributed by atoms with Crippen LogP contribution in [0.5, 0.6) is 0 Å². The van der Waals surface area contributed by atoms with Crippen molar-refractivity contribution < 1.29 is 9.53 Å². The van der Waals surface area contributed by atoms with Crippen molar-refractivity contribution in [3.63, 3.8) is 0 Å². The highest BCUT2D eigenvalue weighted by atomic mass is 32.2. The molecule has 30 heavy (non-hydrogen) atoms. The fourth-order valence-electron chi connectivity index (χ4n) is 3.18. The summed E-state index contributed by atoms with van der Waals surface area (Å²) < 4.78 is 8.33. The van der Waals surface area contributed by atoms with Crippen molar-refractivity contribution in [2.45, 2.75) is 11.7 Å². The molecule has 1 aliphatic heterocycles. The molecule has 3 aromatic heterocycles. The zero-order chi connectivity index (χ0) is 21.1. The Morgan fingerprint density at radius 2 is 2.07 bits per heavy atom. The molecule has 0 saturated carbocycles. The molecule has 1 amide bonds. The Bertz CT molecular complexity index is 1120. The smallest absolute Gasteiger partial charge is 0.271 e. The zero-order valence-electron chi connectivity index (χ0n) is 16.7. The molecular weight excluding hydrogens is 408 g/mol. The third-order valence-corrected chi connectivity index (χ3v) is 5.30. The molecule has 0 unspecified atom stereocenters. The Morgan fingerprint density at radius 3 is 2.80 bits per heavy atom. The van der Waals surface area contributed by atoms with Gasteiger partial charge in [-0.25, -0.2) is 19.3 Å². The number of hydrogen-bond donors (Lipinski definition) is 1. The van der Waals surface area contributed by atoms with E-state index >= 15 is 0 Å². The predicted molar refractivity (Wildman–Crippen MR) is 112 cm³/mol. The van der Waals surface area contributed by atoms with Crippen LogP contribution in [0.15, 0.2) is 28.3 Å². The van der Waals surface area contributed by atoms with E-state index in [2.05, 4.69) is 30.4 Å². The average Bonchev–Trinajstić information content (AvgIpc) is 3.18. The van der Waals surface area contributed by atoms with Crippen molar-refractivity contribution in [3.8, 4) is 0 Å². The van der Waals surface area contributed by atoms with Crippen LogP contribution >= 0.6 is 11.8 Å². The van der Waals surface area contributed by atoms with Crippen LogP contribution in [0, 0.1) is 0 Å². The molecule has 1 fully saturated rings. The van der Waals surface area contributed by atoms with Crippen LogP contribution in [0.4, 0.5) is 5.82 Å². The Balaban J connectivity index is 1.51. The van der Waals surface area contributed by atoms with Gasteiger partial charge in [0.05, 0.1) is 31.3 Å². The molecule has 158 valence electrons. The molecule has 0 aliphatic carbocycles. The molecule has 1 N–H and O–H groups in total. The standard InChI is InChI=1S/C18H22N8O3S/c1-24-14(27)4-3-13(23-24)17(28)19-5-6-26-16-12(11-20-26)15(21-18(22-16)30-2)25-7-9-29-10-8-25/h3-4,11H,5-10H2,1-2H3,(H,19,28). The lowest BCUT2D eigenvalue weighted by atomic mass is 10.3. The second-order valence-corrected chi connectivity index (χ2v) is 7.45. The van der Waals surface area contributed by atoms with Crippen molar-refractivity contribution in [1.29, 1.82) is 0 Å². The summed E-state index contributed by atoms with van der Waals surface area (Å²) in [6.07, 6.45) is 3.70. The minimum Gasteiger partial charge on any atom is -0.378 e. The number of nitrogens with zero attached hydrogens (tertiary/aromatic N) is 7. The number of aryl methyl sites for hydroxylation is 1. The van der Waals surface area contributed by atoms with Gasteiger partial charge in [-0.1, -0.05) is 11.8 Å². The predicted octanol–water partition coefficient (Wildman–Crippen LogP) is -0.0915. The van der Waals surface area contributed by atoms with Gasteiger partial charge in [-0.3, -0.25) is 9.59 Å². The van der Waals surface area contributed by atoms with Gasteiger partial charge in [0.2, 0.25) is 0 Å². The summed E-state index contributed by atoms with van der Waals surface area (Å²) in [6.45, 7) is 3.65. The van der Waals surface area contributed by atoms with Crippen LogP contribution in [-0.2, 0) is 18.3 Å². The van der Waals surface area contributed by atoms with Crippen molar-refractivity contribution in [2.24, 2.45) is 7.05 Å². The number of anilines is 1. The SMILES string of the molecule is CSc1nc(N2CCOCC2)c2cnn(CCNC(=O)c3ccc(=O)n(C)n3)c2n1.